The molecule has 0 saturated carbocycles. The summed E-state index contributed by atoms with van der Waals surface area (Å²) in [6.45, 7) is 0.396. The summed E-state index contributed by atoms with van der Waals surface area (Å²) in [6.07, 6.45) is 2.07. The van der Waals surface area contributed by atoms with Crippen LogP contribution in [-0.2, 0) is 4.79 Å². The summed E-state index contributed by atoms with van der Waals surface area (Å²) in [6, 6.07) is 4.17. The van der Waals surface area contributed by atoms with Gasteiger partial charge in [0.1, 0.15) is 0 Å². The normalized spacial score (nSPS) is 10.1. The summed E-state index contributed by atoms with van der Waals surface area (Å²) in [5.74, 6) is -2.07. The van der Waals surface area contributed by atoms with Crippen molar-refractivity contribution in [2.45, 2.75) is 25.7 Å². The first kappa shape index (κ1) is 14.8. The van der Waals surface area contributed by atoms with Crippen molar-refractivity contribution in [1.82, 2.24) is 5.32 Å². The van der Waals surface area contributed by atoms with Gasteiger partial charge in [-0.2, -0.15) is 0 Å². The molecule has 0 radical (unpaired) electrons. The molecule has 0 fully saturated rings. The van der Waals surface area contributed by atoms with Crippen molar-refractivity contribution < 1.29 is 24.9 Å². The molecular weight excluding hydrogens is 250 g/mol. The van der Waals surface area contributed by atoms with E-state index >= 15 is 0 Å². The number of phenolic OH excluding ortho intramolecular Hbond substituents is 2. The van der Waals surface area contributed by atoms with Crippen molar-refractivity contribution in [3.05, 3.63) is 23.8 Å². The minimum absolute atomic E-state index is 0.0190. The third-order valence-electron chi connectivity index (χ3n) is 2.61. The number of carboxylic acids is 1. The van der Waals surface area contributed by atoms with E-state index in [1.54, 1.807) is 0 Å². The van der Waals surface area contributed by atoms with Gasteiger partial charge in [0.15, 0.2) is 11.5 Å². The van der Waals surface area contributed by atoms with E-state index in [1.165, 1.54) is 18.2 Å². The number of para-hydroxylation sites is 1. The molecular formula is C13H17NO5. The summed E-state index contributed by atoms with van der Waals surface area (Å²) in [5, 5.41) is 29.8. The van der Waals surface area contributed by atoms with E-state index in [4.69, 9.17) is 5.11 Å². The van der Waals surface area contributed by atoms with E-state index in [9.17, 15) is 19.8 Å². The largest absolute Gasteiger partial charge is 0.504 e. The third kappa shape index (κ3) is 4.87. The van der Waals surface area contributed by atoms with E-state index in [1.807, 2.05) is 0 Å². The van der Waals surface area contributed by atoms with Crippen molar-refractivity contribution in [3.63, 3.8) is 0 Å². The maximum atomic E-state index is 11.7. The Bertz CT molecular complexity index is 458. The van der Waals surface area contributed by atoms with Gasteiger partial charge in [-0.15, -0.1) is 0 Å². The molecule has 1 aromatic carbocycles. The topological polar surface area (TPSA) is 107 Å². The second kappa shape index (κ2) is 7.25. The standard InChI is InChI=1S/C13H17NO5/c15-10-6-4-5-9(12(10)18)13(19)14-8-3-1-2-7-11(16)17/h4-6,15,18H,1-3,7-8H2,(H,14,19)(H,16,17). The van der Waals surface area contributed by atoms with Gasteiger partial charge in [0, 0.05) is 13.0 Å². The Morgan fingerprint density at radius 2 is 1.84 bits per heavy atom. The number of carbonyl (C=O) groups is 2. The van der Waals surface area contributed by atoms with Gasteiger partial charge in [0.05, 0.1) is 5.56 Å². The number of benzene rings is 1. The summed E-state index contributed by atoms with van der Waals surface area (Å²) in [5.41, 5.74) is 0.0190. The predicted octanol–water partition coefficient (Wildman–Crippen LogP) is 1.47. The molecule has 6 nitrogen and oxygen atoms in total. The van der Waals surface area contributed by atoms with Crippen LogP contribution in [0.3, 0.4) is 0 Å². The highest BCUT2D eigenvalue weighted by Gasteiger charge is 2.12. The van der Waals surface area contributed by atoms with Crippen LogP contribution in [0.25, 0.3) is 0 Å². The predicted molar refractivity (Wildman–Crippen MR) is 68.2 cm³/mol. The van der Waals surface area contributed by atoms with Crippen LogP contribution in [0.5, 0.6) is 11.5 Å². The van der Waals surface area contributed by atoms with Gasteiger partial charge in [0.25, 0.3) is 5.91 Å². The molecule has 0 aliphatic carbocycles. The van der Waals surface area contributed by atoms with E-state index in [-0.39, 0.29) is 17.7 Å². The molecule has 6 heteroatoms. The molecule has 1 rings (SSSR count). The third-order valence-corrected chi connectivity index (χ3v) is 2.61. The quantitative estimate of drug-likeness (QED) is 0.442. The fraction of sp³-hybridized carbons (Fsp3) is 0.385. The Balaban J connectivity index is 2.32. The van der Waals surface area contributed by atoms with Gasteiger partial charge in [-0.3, -0.25) is 9.59 Å². The Morgan fingerprint density at radius 3 is 2.53 bits per heavy atom. The molecule has 1 aromatic rings. The van der Waals surface area contributed by atoms with E-state index in [0.717, 1.165) is 0 Å². The van der Waals surface area contributed by atoms with E-state index < -0.39 is 17.6 Å². The molecule has 0 bridgehead atoms. The van der Waals surface area contributed by atoms with Gasteiger partial charge >= 0.3 is 5.97 Å². The number of carbonyl (C=O) groups excluding carboxylic acids is 1. The first-order chi connectivity index (χ1) is 9.02. The average molecular weight is 267 g/mol. The lowest BCUT2D eigenvalue weighted by Crippen LogP contribution is -2.24. The minimum Gasteiger partial charge on any atom is -0.504 e. The summed E-state index contributed by atoms with van der Waals surface area (Å²) < 4.78 is 0. The van der Waals surface area contributed by atoms with Crippen molar-refractivity contribution in [3.8, 4) is 11.5 Å². The Hall–Kier alpha value is -2.24. The SMILES string of the molecule is O=C(O)CCCCCNC(=O)c1cccc(O)c1O. The first-order valence-electron chi connectivity index (χ1n) is 6.03. The zero-order valence-electron chi connectivity index (χ0n) is 10.4. The second-order valence-electron chi connectivity index (χ2n) is 4.13. The van der Waals surface area contributed by atoms with Crippen LogP contribution in [0.1, 0.15) is 36.0 Å². The first-order valence-corrected chi connectivity index (χ1v) is 6.03. The molecule has 1 amide bonds. The number of carboxylic acid groups (broad SMARTS) is 1. The molecule has 19 heavy (non-hydrogen) atoms. The maximum absolute atomic E-state index is 11.7. The van der Waals surface area contributed by atoms with Crippen LogP contribution < -0.4 is 5.32 Å². The molecule has 104 valence electrons. The molecule has 0 aliphatic rings. The van der Waals surface area contributed by atoms with Crippen LogP contribution >= 0.6 is 0 Å². The highest BCUT2D eigenvalue weighted by Crippen LogP contribution is 2.27. The monoisotopic (exact) mass is 267 g/mol. The van der Waals surface area contributed by atoms with Crippen molar-refractivity contribution in [1.29, 1.82) is 0 Å². The second-order valence-corrected chi connectivity index (χ2v) is 4.13. The van der Waals surface area contributed by atoms with Crippen LogP contribution in [0, 0.1) is 0 Å². The average Bonchev–Trinajstić information content (AvgIpc) is 2.36. The molecule has 0 aromatic heterocycles. The van der Waals surface area contributed by atoms with Gasteiger partial charge in [-0.25, -0.2) is 0 Å². The van der Waals surface area contributed by atoms with Gasteiger partial charge < -0.3 is 20.6 Å². The summed E-state index contributed by atoms with van der Waals surface area (Å²) in [4.78, 5) is 22.0. The Labute approximate surface area is 110 Å². The fourth-order valence-electron chi connectivity index (χ4n) is 1.59. The number of unbranched alkanes of at least 4 members (excludes halogenated alkanes) is 2. The van der Waals surface area contributed by atoms with E-state index in [2.05, 4.69) is 5.32 Å². The zero-order chi connectivity index (χ0) is 14.3. The maximum Gasteiger partial charge on any atom is 0.303 e. The Kier molecular flexibility index (Phi) is 5.66. The van der Waals surface area contributed by atoms with Crippen LogP contribution in [0.4, 0.5) is 0 Å². The number of aromatic hydroxyl groups is 2. The number of rotatable bonds is 7. The van der Waals surface area contributed by atoms with Crippen LogP contribution in [-0.4, -0.2) is 33.7 Å². The fourth-order valence-corrected chi connectivity index (χ4v) is 1.59. The van der Waals surface area contributed by atoms with Crippen LogP contribution in [0.2, 0.25) is 0 Å². The van der Waals surface area contributed by atoms with Crippen molar-refractivity contribution in [2.75, 3.05) is 6.54 Å². The number of hydrogen-bond acceptors (Lipinski definition) is 4. The van der Waals surface area contributed by atoms with Crippen molar-refractivity contribution >= 4 is 11.9 Å². The summed E-state index contributed by atoms with van der Waals surface area (Å²) >= 11 is 0. The van der Waals surface area contributed by atoms with Gasteiger partial charge in [0.2, 0.25) is 0 Å². The molecule has 0 aliphatic heterocycles. The molecule has 0 spiro atoms. The van der Waals surface area contributed by atoms with Gasteiger partial charge in [-0.05, 0) is 25.0 Å². The number of hydrogen-bond donors (Lipinski definition) is 4. The molecule has 0 atom stereocenters. The number of nitrogens with one attached hydrogen (secondary N) is 1. The zero-order valence-corrected chi connectivity index (χ0v) is 10.4. The minimum atomic E-state index is -0.825. The molecule has 0 saturated heterocycles. The lowest BCUT2D eigenvalue weighted by molar-refractivity contribution is -0.137. The summed E-state index contributed by atoms with van der Waals surface area (Å²) in [7, 11) is 0. The lowest BCUT2D eigenvalue weighted by Gasteiger charge is -2.07. The van der Waals surface area contributed by atoms with Gasteiger partial charge in [-0.1, -0.05) is 12.5 Å². The van der Waals surface area contributed by atoms with Crippen LogP contribution in [0.15, 0.2) is 18.2 Å². The molecule has 4 N–H and O–H groups in total. The van der Waals surface area contributed by atoms with E-state index in [0.29, 0.717) is 25.8 Å². The van der Waals surface area contributed by atoms with Crippen molar-refractivity contribution in [2.24, 2.45) is 0 Å². The molecule has 0 heterocycles. The highest BCUT2D eigenvalue weighted by atomic mass is 16.4. The Morgan fingerprint density at radius 1 is 1.11 bits per heavy atom. The highest BCUT2D eigenvalue weighted by molar-refractivity contribution is 5.97. The number of phenols is 2. The number of amides is 1. The number of aliphatic carboxylic acids is 1. The smallest absolute Gasteiger partial charge is 0.303 e. The lowest BCUT2D eigenvalue weighted by atomic mass is 10.1. The molecule has 0 unspecified atom stereocenters.